The van der Waals surface area contributed by atoms with Gasteiger partial charge in [0.1, 0.15) is 5.69 Å². The maximum Gasteiger partial charge on any atom is 0.292 e. The van der Waals surface area contributed by atoms with Gasteiger partial charge in [-0.1, -0.05) is 33.8 Å². The van der Waals surface area contributed by atoms with E-state index in [2.05, 4.69) is 33.0 Å². The summed E-state index contributed by atoms with van der Waals surface area (Å²) in [6.07, 6.45) is 0. The van der Waals surface area contributed by atoms with Gasteiger partial charge in [-0.3, -0.25) is 14.9 Å². The minimum atomic E-state index is -0.586. The SMILES string of the molecule is CC(C)C(CNC(=O)c1cccc([N+](=O)[O-])c1N)C(C)C. The lowest BCUT2D eigenvalue weighted by Gasteiger charge is -2.25. The summed E-state index contributed by atoms with van der Waals surface area (Å²) in [5.41, 5.74) is 5.52. The molecule has 1 amide bonds. The van der Waals surface area contributed by atoms with Crippen LogP contribution in [0.3, 0.4) is 0 Å². The highest BCUT2D eigenvalue weighted by molar-refractivity contribution is 6.00. The van der Waals surface area contributed by atoms with Gasteiger partial charge in [0, 0.05) is 12.6 Å². The zero-order valence-corrected chi connectivity index (χ0v) is 12.9. The number of para-hydroxylation sites is 1. The van der Waals surface area contributed by atoms with Crippen molar-refractivity contribution >= 4 is 17.3 Å². The lowest BCUT2D eigenvalue weighted by atomic mass is 9.85. The summed E-state index contributed by atoms with van der Waals surface area (Å²) in [6.45, 7) is 8.96. The molecule has 6 nitrogen and oxygen atoms in total. The van der Waals surface area contributed by atoms with Crippen LogP contribution in [0.2, 0.25) is 0 Å². The number of nitro groups is 1. The summed E-state index contributed by atoms with van der Waals surface area (Å²) < 4.78 is 0. The molecular weight excluding hydrogens is 270 g/mol. The number of nitrogen functional groups attached to an aromatic ring is 1. The second kappa shape index (κ2) is 7.06. The van der Waals surface area contributed by atoms with Crippen molar-refractivity contribution in [2.24, 2.45) is 17.8 Å². The van der Waals surface area contributed by atoms with Crippen LogP contribution in [0.25, 0.3) is 0 Å². The van der Waals surface area contributed by atoms with Gasteiger partial charge in [-0.15, -0.1) is 0 Å². The van der Waals surface area contributed by atoms with Gasteiger partial charge >= 0.3 is 0 Å². The average molecular weight is 293 g/mol. The van der Waals surface area contributed by atoms with E-state index >= 15 is 0 Å². The molecule has 0 atom stereocenters. The molecule has 1 aromatic carbocycles. The standard InChI is InChI=1S/C15H23N3O3/c1-9(2)12(10(3)4)8-17-15(19)11-6-5-7-13(14(11)16)18(20)21/h5-7,9-10,12H,8,16H2,1-4H3,(H,17,19). The highest BCUT2D eigenvalue weighted by atomic mass is 16.6. The molecule has 3 N–H and O–H groups in total. The number of carbonyl (C=O) groups is 1. The van der Waals surface area contributed by atoms with E-state index in [-0.39, 0.29) is 22.8 Å². The predicted molar refractivity (Wildman–Crippen MR) is 83.0 cm³/mol. The molecule has 0 aromatic heterocycles. The monoisotopic (exact) mass is 293 g/mol. The molecule has 0 radical (unpaired) electrons. The van der Waals surface area contributed by atoms with Crippen LogP contribution >= 0.6 is 0 Å². The third kappa shape index (κ3) is 4.18. The second-order valence-electron chi connectivity index (χ2n) is 5.86. The molecule has 0 aliphatic carbocycles. The van der Waals surface area contributed by atoms with Crippen molar-refractivity contribution in [2.75, 3.05) is 12.3 Å². The molecular formula is C15H23N3O3. The minimum Gasteiger partial charge on any atom is -0.393 e. The van der Waals surface area contributed by atoms with Crippen molar-refractivity contribution < 1.29 is 9.72 Å². The molecule has 0 saturated heterocycles. The molecule has 0 bridgehead atoms. The van der Waals surface area contributed by atoms with Crippen molar-refractivity contribution in [3.63, 3.8) is 0 Å². The highest BCUT2D eigenvalue weighted by Gasteiger charge is 2.21. The maximum absolute atomic E-state index is 12.2. The van der Waals surface area contributed by atoms with Gasteiger partial charge in [0.25, 0.3) is 11.6 Å². The van der Waals surface area contributed by atoms with E-state index in [0.29, 0.717) is 24.3 Å². The second-order valence-corrected chi connectivity index (χ2v) is 5.86. The number of nitro benzene ring substituents is 1. The van der Waals surface area contributed by atoms with Crippen molar-refractivity contribution in [2.45, 2.75) is 27.7 Å². The Bertz CT molecular complexity index is 519. The molecule has 0 spiro atoms. The smallest absolute Gasteiger partial charge is 0.292 e. The van der Waals surface area contributed by atoms with Crippen LogP contribution < -0.4 is 11.1 Å². The third-order valence-corrected chi connectivity index (χ3v) is 3.74. The number of benzene rings is 1. The van der Waals surface area contributed by atoms with E-state index < -0.39 is 4.92 Å². The zero-order chi connectivity index (χ0) is 16.2. The summed E-state index contributed by atoms with van der Waals surface area (Å²) in [5, 5.41) is 13.7. The lowest BCUT2D eigenvalue weighted by Crippen LogP contribution is -2.34. The number of nitrogens with one attached hydrogen (secondary N) is 1. The quantitative estimate of drug-likeness (QED) is 0.478. The molecule has 1 aromatic rings. The number of hydrogen-bond acceptors (Lipinski definition) is 4. The van der Waals surface area contributed by atoms with Crippen molar-refractivity contribution in [1.82, 2.24) is 5.32 Å². The Balaban J connectivity index is 2.86. The molecule has 0 fully saturated rings. The van der Waals surface area contributed by atoms with Gasteiger partial charge in [-0.25, -0.2) is 0 Å². The minimum absolute atomic E-state index is 0.0920. The van der Waals surface area contributed by atoms with E-state index in [1.54, 1.807) is 0 Å². The van der Waals surface area contributed by atoms with Gasteiger partial charge in [0.15, 0.2) is 0 Å². The summed E-state index contributed by atoms with van der Waals surface area (Å²) in [5.74, 6) is 0.844. The van der Waals surface area contributed by atoms with Crippen LogP contribution in [0.5, 0.6) is 0 Å². The normalized spacial score (nSPS) is 11.2. The predicted octanol–water partition coefficient (Wildman–Crippen LogP) is 2.84. The number of carbonyl (C=O) groups excluding carboxylic acids is 1. The van der Waals surface area contributed by atoms with Crippen LogP contribution in [-0.2, 0) is 0 Å². The largest absolute Gasteiger partial charge is 0.393 e. The Morgan fingerprint density at radius 2 is 1.86 bits per heavy atom. The van der Waals surface area contributed by atoms with Crippen molar-refractivity contribution in [1.29, 1.82) is 0 Å². The zero-order valence-electron chi connectivity index (χ0n) is 12.9. The van der Waals surface area contributed by atoms with E-state index in [4.69, 9.17) is 5.73 Å². The van der Waals surface area contributed by atoms with Crippen molar-refractivity contribution in [3.05, 3.63) is 33.9 Å². The molecule has 116 valence electrons. The van der Waals surface area contributed by atoms with Crippen LogP contribution in [0.15, 0.2) is 18.2 Å². The Kier molecular flexibility index (Phi) is 5.69. The van der Waals surface area contributed by atoms with Gasteiger partial charge in [0.05, 0.1) is 10.5 Å². The summed E-state index contributed by atoms with van der Waals surface area (Å²) in [4.78, 5) is 22.4. The lowest BCUT2D eigenvalue weighted by molar-refractivity contribution is -0.383. The molecule has 0 aliphatic rings. The van der Waals surface area contributed by atoms with E-state index in [1.165, 1.54) is 18.2 Å². The van der Waals surface area contributed by atoms with Crippen LogP contribution in [0, 0.1) is 27.9 Å². The van der Waals surface area contributed by atoms with Crippen LogP contribution in [0.1, 0.15) is 38.1 Å². The summed E-state index contributed by atoms with van der Waals surface area (Å²) in [6, 6.07) is 4.25. The molecule has 0 heterocycles. The maximum atomic E-state index is 12.2. The number of anilines is 1. The molecule has 6 heteroatoms. The van der Waals surface area contributed by atoms with Gasteiger partial charge in [-0.05, 0) is 23.8 Å². The van der Waals surface area contributed by atoms with Crippen LogP contribution in [-0.4, -0.2) is 17.4 Å². The number of amides is 1. The Morgan fingerprint density at radius 1 is 1.29 bits per heavy atom. The molecule has 0 unspecified atom stereocenters. The summed E-state index contributed by atoms with van der Waals surface area (Å²) >= 11 is 0. The first-order valence-electron chi connectivity index (χ1n) is 7.06. The molecule has 0 aliphatic heterocycles. The first-order chi connectivity index (χ1) is 9.75. The Morgan fingerprint density at radius 3 is 2.33 bits per heavy atom. The molecule has 0 saturated carbocycles. The van der Waals surface area contributed by atoms with Gasteiger partial charge in [-0.2, -0.15) is 0 Å². The average Bonchev–Trinajstić information content (AvgIpc) is 2.37. The van der Waals surface area contributed by atoms with E-state index in [9.17, 15) is 14.9 Å². The Labute approximate surface area is 124 Å². The molecule has 1 rings (SSSR count). The van der Waals surface area contributed by atoms with E-state index in [0.717, 1.165) is 0 Å². The first kappa shape index (κ1) is 16.9. The number of nitrogens with zero attached hydrogens (tertiary/aromatic N) is 1. The Hall–Kier alpha value is -2.11. The fourth-order valence-corrected chi connectivity index (χ4v) is 2.46. The molecule has 21 heavy (non-hydrogen) atoms. The van der Waals surface area contributed by atoms with Crippen molar-refractivity contribution in [3.8, 4) is 0 Å². The fourth-order valence-electron chi connectivity index (χ4n) is 2.46. The third-order valence-electron chi connectivity index (χ3n) is 3.74. The number of hydrogen-bond donors (Lipinski definition) is 2. The number of rotatable bonds is 6. The first-order valence-corrected chi connectivity index (χ1v) is 7.06. The number of nitrogens with two attached hydrogens (primary N) is 1. The topological polar surface area (TPSA) is 98.3 Å². The van der Waals surface area contributed by atoms with Gasteiger partial charge in [0.2, 0.25) is 0 Å². The summed E-state index contributed by atoms with van der Waals surface area (Å²) in [7, 11) is 0. The van der Waals surface area contributed by atoms with Gasteiger partial charge < -0.3 is 11.1 Å². The fraction of sp³-hybridized carbons (Fsp3) is 0.533. The van der Waals surface area contributed by atoms with Crippen LogP contribution in [0.4, 0.5) is 11.4 Å². The highest BCUT2D eigenvalue weighted by Crippen LogP contribution is 2.25. The van der Waals surface area contributed by atoms with E-state index in [1.807, 2.05) is 0 Å².